The molecule has 0 saturated heterocycles. The van der Waals surface area contributed by atoms with Gasteiger partial charge >= 0.3 is 0 Å². The predicted octanol–water partition coefficient (Wildman–Crippen LogP) is 16.5. The van der Waals surface area contributed by atoms with Crippen molar-refractivity contribution in [3.8, 4) is 55.6 Å². The smallest absolute Gasteiger partial charge is 0.0158 e. The van der Waals surface area contributed by atoms with E-state index >= 15 is 0 Å². The van der Waals surface area contributed by atoms with Crippen molar-refractivity contribution in [3.05, 3.63) is 205 Å². The minimum Gasteiger partial charge on any atom is -0.0619 e. The Hall–Kier alpha value is -7.28. The molecule has 0 nitrogen and oxygen atoms in total. The number of hydrogen-bond acceptors (Lipinski definition) is 0. The fourth-order valence-electron chi connectivity index (χ4n) is 11.0. The highest BCUT2D eigenvalue weighted by atomic mass is 14.4. The summed E-state index contributed by atoms with van der Waals surface area (Å²) in [4.78, 5) is 0. The molecule has 1 aliphatic carbocycles. The van der Waals surface area contributed by atoms with Crippen LogP contribution in [0.25, 0.3) is 120 Å². The lowest BCUT2D eigenvalue weighted by Gasteiger charge is -2.22. The van der Waals surface area contributed by atoms with Crippen LogP contribution in [0, 0.1) is 0 Å². The van der Waals surface area contributed by atoms with Crippen LogP contribution in [0.2, 0.25) is 0 Å². The van der Waals surface area contributed by atoms with Gasteiger partial charge in [-0.2, -0.15) is 0 Å². The zero-order valence-corrected chi connectivity index (χ0v) is 33.0. The van der Waals surface area contributed by atoms with Crippen LogP contribution in [-0.2, 0) is 5.41 Å². The molecule has 13 rings (SSSR count). The first kappa shape index (κ1) is 32.8. The fourth-order valence-corrected chi connectivity index (χ4v) is 11.0. The van der Waals surface area contributed by atoms with Crippen molar-refractivity contribution in [2.24, 2.45) is 0 Å². The summed E-state index contributed by atoms with van der Waals surface area (Å²) in [6, 6.07) is 73.5. The van der Waals surface area contributed by atoms with Crippen molar-refractivity contribution < 1.29 is 0 Å². The second-order valence-electron chi connectivity index (χ2n) is 17.2. The standard InChI is InChI=1S/C59H38/c1-59(2)53-16-6-5-15-48(53)52-34-42(26-32-54(52)59)44-28-25-41(43-27-21-39-19-17-35-9-7-11-37-23-30-49(43)57(39)55(35)37)33-51(44)46-14-4-3-13-45(46)47-29-22-40-20-18-36-10-8-12-38-24-31-50(47)58(40)56(36)38/h3-34H,1-2H3. The lowest BCUT2D eigenvalue weighted by Crippen LogP contribution is -2.14. The van der Waals surface area contributed by atoms with Crippen molar-refractivity contribution in [1.29, 1.82) is 0 Å². The van der Waals surface area contributed by atoms with E-state index in [4.69, 9.17) is 0 Å². The highest BCUT2D eigenvalue weighted by Gasteiger charge is 2.35. The summed E-state index contributed by atoms with van der Waals surface area (Å²) < 4.78 is 0. The Morgan fingerprint density at radius 2 is 0.678 bits per heavy atom. The lowest BCUT2D eigenvalue weighted by atomic mass is 9.81. The molecule has 0 aliphatic heterocycles. The molecular formula is C59H38. The summed E-state index contributed by atoms with van der Waals surface area (Å²) in [7, 11) is 0. The third-order valence-corrected chi connectivity index (χ3v) is 13.8. The Labute approximate surface area is 343 Å². The molecule has 12 aromatic rings. The van der Waals surface area contributed by atoms with Gasteiger partial charge in [-0.15, -0.1) is 0 Å². The predicted molar refractivity (Wildman–Crippen MR) is 253 cm³/mol. The summed E-state index contributed by atoms with van der Waals surface area (Å²) in [5.74, 6) is 0. The number of fused-ring (bicyclic) bond motifs is 3. The summed E-state index contributed by atoms with van der Waals surface area (Å²) >= 11 is 0. The van der Waals surface area contributed by atoms with Crippen LogP contribution in [0.15, 0.2) is 194 Å². The van der Waals surface area contributed by atoms with E-state index in [2.05, 4.69) is 208 Å². The van der Waals surface area contributed by atoms with E-state index in [9.17, 15) is 0 Å². The Bertz CT molecular complexity index is 3660. The second kappa shape index (κ2) is 11.9. The number of rotatable bonds is 4. The van der Waals surface area contributed by atoms with Crippen molar-refractivity contribution in [1.82, 2.24) is 0 Å². The molecule has 0 heteroatoms. The van der Waals surface area contributed by atoms with Crippen molar-refractivity contribution in [2.45, 2.75) is 19.3 Å². The van der Waals surface area contributed by atoms with Gasteiger partial charge in [0.2, 0.25) is 0 Å². The van der Waals surface area contributed by atoms with Crippen LogP contribution < -0.4 is 0 Å². The van der Waals surface area contributed by atoms with Gasteiger partial charge in [0.15, 0.2) is 0 Å². The van der Waals surface area contributed by atoms with Crippen molar-refractivity contribution in [2.75, 3.05) is 0 Å². The monoisotopic (exact) mass is 746 g/mol. The molecule has 0 unspecified atom stereocenters. The molecule has 0 bridgehead atoms. The molecule has 0 amide bonds. The first-order valence-electron chi connectivity index (χ1n) is 20.8. The quantitative estimate of drug-likeness (QED) is 0.157. The van der Waals surface area contributed by atoms with Crippen LogP contribution in [-0.4, -0.2) is 0 Å². The number of benzene rings is 12. The molecule has 0 radical (unpaired) electrons. The first-order valence-corrected chi connectivity index (χ1v) is 20.8. The Morgan fingerprint density at radius 1 is 0.254 bits per heavy atom. The van der Waals surface area contributed by atoms with E-state index < -0.39 is 0 Å². The lowest BCUT2D eigenvalue weighted by molar-refractivity contribution is 0.660. The van der Waals surface area contributed by atoms with Crippen LogP contribution in [0.5, 0.6) is 0 Å². The van der Waals surface area contributed by atoms with Gasteiger partial charge in [-0.1, -0.05) is 196 Å². The SMILES string of the molecule is CC1(C)c2ccccc2-c2cc(-c3ccc(-c4ccc5ccc6cccc7ccc4c5c67)cc3-c3ccccc3-c3ccc4ccc5cccc6ccc3c4c56)ccc21. The molecule has 0 N–H and O–H groups in total. The van der Waals surface area contributed by atoms with Gasteiger partial charge in [-0.25, -0.2) is 0 Å². The molecule has 0 atom stereocenters. The van der Waals surface area contributed by atoms with Gasteiger partial charge in [0, 0.05) is 5.41 Å². The van der Waals surface area contributed by atoms with E-state index in [-0.39, 0.29) is 5.41 Å². The summed E-state index contributed by atoms with van der Waals surface area (Å²) in [5, 5.41) is 15.7. The van der Waals surface area contributed by atoms with Gasteiger partial charge in [-0.3, -0.25) is 0 Å². The van der Waals surface area contributed by atoms with Crippen LogP contribution in [0.1, 0.15) is 25.0 Å². The van der Waals surface area contributed by atoms with E-state index in [0.717, 1.165) is 0 Å². The van der Waals surface area contributed by atoms with Crippen LogP contribution >= 0.6 is 0 Å². The maximum absolute atomic E-state index is 2.47. The van der Waals surface area contributed by atoms with E-state index in [1.54, 1.807) is 0 Å². The van der Waals surface area contributed by atoms with E-state index in [0.29, 0.717) is 0 Å². The van der Waals surface area contributed by atoms with E-state index in [1.807, 2.05) is 0 Å². The average Bonchev–Trinajstić information content (AvgIpc) is 3.52. The zero-order valence-electron chi connectivity index (χ0n) is 33.0. The van der Waals surface area contributed by atoms with Crippen molar-refractivity contribution >= 4 is 64.6 Å². The molecule has 0 fully saturated rings. The molecule has 0 spiro atoms. The van der Waals surface area contributed by atoms with Crippen LogP contribution in [0.4, 0.5) is 0 Å². The second-order valence-corrected chi connectivity index (χ2v) is 17.2. The summed E-state index contributed by atoms with van der Waals surface area (Å²) in [5.41, 5.74) is 15.3. The fraction of sp³-hybridized carbons (Fsp3) is 0.0508. The van der Waals surface area contributed by atoms with Gasteiger partial charge in [0.05, 0.1) is 0 Å². The minimum atomic E-state index is -0.0478. The third kappa shape index (κ3) is 4.55. The number of hydrogen-bond donors (Lipinski definition) is 0. The highest BCUT2D eigenvalue weighted by molar-refractivity contribution is 6.27. The Kier molecular flexibility index (Phi) is 6.60. The highest BCUT2D eigenvalue weighted by Crippen LogP contribution is 2.51. The van der Waals surface area contributed by atoms with Gasteiger partial charge in [0.25, 0.3) is 0 Å². The third-order valence-electron chi connectivity index (χ3n) is 13.8. The average molecular weight is 747 g/mol. The maximum Gasteiger partial charge on any atom is 0.0158 e. The normalized spacial score (nSPS) is 13.4. The minimum absolute atomic E-state index is 0.0478. The largest absolute Gasteiger partial charge is 0.0619 e. The maximum atomic E-state index is 2.47. The topological polar surface area (TPSA) is 0 Å². The Morgan fingerprint density at radius 3 is 1.32 bits per heavy atom. The van der Waals surface area contributed by atoms with Gasteiger partial charge in [0.1, 0.15) is 0 Å². The van der Waals surface area contributed by atoms with Gasteiger partial charge < -0.3 is 0 Å². The molecule has 274 valence electrons. The van der Waals surface area contributed by atoms with Gasteiger partial charge in [-0.05, 0) is 144 Å². The molecule has 12 aromatic carbocycles. The van der Waals surface area contributed by atoms with Crippen LogP contribution in [0.3, 0.4) is 0 Å². The molecule has 0 aromatic heterocycles. The molecule has 0 saturated carbocycles. The zero-order chi connectivity index (χ0) is 39.0. The first-order chi connectivity index (χ1) is 29.0. The molecule has 0 heterocycles. The molecular weight excluding hydrogens is 709 g/mol. The summed E-state index contributed by atoms with van der Waals surface area (Å²) in [6.07, 6.45) is 0. The Balaban J connectivity index is 1.08. The molecule has 1 aliphatic rings. The summed E-state index contributed by atoms with van der Waals surface area (Å²) in [6.45, 7) is 4.72. The van der Waals surface area contributed by atoms with E-state index in [1.165, 1.54) is 131 Å². The molecule has 59 heavy (non-hydrogen) atoms. The van der Waals surface area contributed by atoms with Crippen molar-refractivity contribution in [3.63, 3.8) is 0 Å².